The van der Waals surface area contributed by atoms with E-state index >= 15 is 0 Å². The van der Waals surface area contributed by atoms with E-state index in [9.17, 15) is 9.18 Å². The SMILES string of the molecule is C[C@H](NC(=O)N1CCCc2c1cnn2-c1ccc(F)cc1)c1cncc(Br)c1. The smallest absolute Gasteiger partial charge is 0.322 e. The molecule has 8 heteroatoms. The van der Waals surface area contributed by atoms with Gasteiger partial charge in [0, 0.05) is 23.4 Å². The summed E-state index contributed by atoms with van der Waals surface area (Å²) in [6.07, 6.45) is 6.78. The third-order valence-corrected chi connectivity index (χ3v) is 5.25. The van der Waals surface area contributed by atoms with Crippen LogP contribution in [0, 0.1) is 5.82 Å². The van der Waals surface area contributed by atoms with Crippen molar-refractivity contribution in [2.75, 3.05) is 11.4 Å². The van der Waals surface area contributed by atoms with E-state index < -0.39 is 0 Å². The number of nitrogens with zero attached hydrogens (tertiary/aromatic N) is 4. The lowest BCUT2D eigenvalue weighted by Gasteiger charge is -2.29. The van der Waals surface area contributed by atoms with Gasteiger partial charge in [0.1, 0.15) is 5.82 Å². The van der Waals surface area contributed by atoms with E-state index in [1.807, 2.05) is 13.0 Å². The van der Waals surface area contributed by atoms with Gasteiger partial charge in [-0.3, -0.25) is 9.88 Å². The quantitative estimate of drug-likeness (QED) is 0.652. The summed E-state index contributed by atoms with van der Waals surface area (Å²) in [6.45, 7) is 2.55. The average molecular weight is 444 g/mol. The van der Waals surface area contributed by atoms with Gasteiger partial charge in [0.05, 0.1) is 29.3 Å². The first kappa shape index (κ1) is 18.6. The second-order valence-corrected chi connectivity index (χ2v) is 7.64. The summed E-state index contributed by atoms with van der Waals surface area (Å²) in [7, 11) is 0. The van der Waals surface area contributed by atoms with Crippen molar-refractivity contribution >= 4 is 27.6 Å². The summed E-state index contributed by atoms with van der Waals surface area (Å²) < 4.78 is 15.9. The summed E-state index contributed by atoms with van der Waals surface area (Å²) in [5.41, 5.74) is 3.43. The van der Waals surface area contributed by atoms with Gasteiger partial charge < -0.3 is 5.32 Å². The van der Waals surface area contributed by atoms with E-state index in [0.717, 1.165) is 39.9 Å². The zero-order valence-electron chi connectivity index (χ0n) is 15.3. The van der Waals surface area contributed by atoms with Crippen LogP contribution in [0.3, 0.4) is 0 Å². The van der Waals surface area contributed by atoms with Crippen LogP contribution in [0.25, 0.3) is 5.69 Å². The van der Waals surface area contributed by atoms with Crippen LogP contribution >= 0.6 is 15.9 Å². The Morgan fingerprint density at radius 2 is 2.04 bits per heavy atom. The third-order valence-electron chi connectivity index (χ3n) is 4.82. The van der Waals surface area contributed by atoms with Gasteiger partial charge in [0.2, 0.25) is 0 Å². The molecule has 0 spiro atoms. The highest BCUT2D eigenvalue weighted by molar-refractivity contribution is 9.10. The molecule has 3 aromatic rings. The fourth-order valence-electron chi connectivity index (χ4n) is 3.38. The Hall–Kier alpha value is -2.74. The summed E-state index contributed by atoms with van der Waals surface area (Å²) in [5.74, 6) is -0.290. The van der Waals surface area contributed by atoms with Crippen LogP contribution in [0.15, 0.2) is 53.4 Å². The number of carbonyl (C=O) groups excluding carboxylic acids is 1. The van der Waals surface area contributed by atoms with E-state index in [-0.39, 0.29) is 17.9 Å². The number of hydrogen-bond donors (Lipinski definition) is 1. The van der Waals surface area contributed by atoms with Gasteiger partial charge in [-0.05, 0) is 71.6 Å². The average Bonchev–Trinajstić information content (AvgIpc) is 3.12. The minimum absolute atomic E-state index is 0.174. The predicted molar refractivity (Wildman–Crippen MR) is 108 cm³/mol. The second kappa shape index (κ2) is 7.71. The van der Waals surface area contributed by atoms with Crippen molar-refractivity contribution in [2.45, 2.75) is 25.8 Å². The number of nitrogens with one attached hydrogen (secondary N) is 1. The lowest BCUT2D eigenvalue weighted by Crippen LogP contribution is -2.43. The van der Waals surface area contributed by atoms with E-state index in [2.05, 4.69) is 31.3 Å². The number of halogens is 2. The van der Waals surface area contributed by atoms with Crippen LogP contribution in [-0.2, 0) is 6.42 Å². The largest absolute Gasteiger partial charge is 0.331 e. The maximum absolute atomic E-state index is 13.2. The zero-order valence-corrected chi connectivity index (χ0v) is 16.9. The number of aromatic nitrogens is 3. The molecule has 3 heterocycles. The first-order valence-corrected chi connectivity index (χ1v) is 9.83. The predicted octanol–water partition coefficient (Wildman–Crippen LogP) is 4.39. The van der Waals surface area contributed by atoms with Crippen LogP contribution in [-0.4, -0.2) is 27.3 Å². The Morgan fingerprint density at radius 3 is 2.79 bits per heavy atom. The number of amides is 2. The van der Waals surface area contributed by atoms with E-state index in [4.69, 9.17) is 0 Å². The Labute approximate surface area is 170 Å². The molecule has 0 unspecified atom stereocenters. The monoisotopic (exact) mass is 443 g/mol. The molecule has 28 heavy (non-hydrogen) atoms. The molecule has 6 nitrogen and oxygen atoms in total. The van der Waals surface area contributed by atoms with Crippen molar-refractivity contribution in [2.24, 2.45) is 0 Å². The molecular formula is C20H19BrFN5O. The van der Waals surface area contributed by atoms with E-state index in [0.29, 0.717) is 6.54 Å². The van der Waals surface area contributed by atoms with Crippen molar-refractivity contribution in [3.63, 3.8) is 0 Å². The molecule has 1 aliphatic heterocycles. The van der Waals surface area contributed by atoms with Gasteiger partial charge in [-0.25, -0.2) is 13.9 Å². The molecule has 0 saturated heterocycles. The number of carbonyl (C=O) groups is 1. The van der Waals surface area contributed by atoms with Crippen molar-refractivity contribution in [3.8, 4) is 5.69 Å². The molecule has 0 fully saturated rings. The highest BCUT2D eigenvalue weighted by Crippen LogP contribution is 2.29. The van der Waals surface area contributed by atoms with Crippen LogP contribution in [0.2, 0.25) is 0 Å². The van der Waals surface area contributed by atoms with Gasteiger partial charge in [-0.2, -0.15) is 5.10 Å². The number of anilines is 1. The molecule has 1 atom stereocenters. The van der Waals surface area contributed by atoms with Gasteiger partial charge in [0.25, 0.3) is 0 Å². The standard InChI is InChI=1S/C20H19BrFN5O/c1-13(14-9-15(21)11-23-10-14)25-20(28)26-8-2-3-18-19(26)12-24-27(18)17-6-4-16(22)5-7-17/h4-7,9-13H,2-3,8H2,1H3,(H,25,28)/t13-/m0/s1. The maximum Gasteiger partial charge on any atom is 0.322 e. The fraction of sp³-hybridized carbons (Fsp3) is 0.250. The second-order valence-electron chi connectivity index (χ2n) is 6.73. The molecule has 4 rings (SSSR count). The lowest BCUT2D eigenvalue weighted by atomic mass is 10.1. The summed E-state index contributed by atoms with van der Waals surface area (Å²) in [4.78, 5) is 18.8. The topological polar surface area (TPSA) is 63.1 Å². The number of pyridine rings is 1. The molecule has 0 bridgehead atoms. The van der Waals surface area contributed by atoms with Crippen LogP contribution < -0.4 is 10.2 Å². The van der Waals surface area contributed by atoms with Gasteiger partial charge in [0.15, 0.2) is 0 Å². The third kappa shape index (κ3) is 3.64. The number of fused-ring (bicyclic) bond motifs is 1. The highest BCUT2D eigenvalue weighted by Gasteiger charge is 2.27. The Balaban J connectivity index is 1.56. The summed E-state index contributed by atoms with van der Waals surface area (Å²) >= 11 is 3.40. The minimum Gasteiger partial charge on any atom is -0.331 e. The zero-order chi connectivity index (χ0) is 19.7. The first-order valence-electron chi connectivity index (χ1n) is 9.04. The van der Waals surface area contributed by atoms with E-state index in [1.165, 1.54) is 12.1 Å². The van der Waals surface area contributed by atoms with E-state index in [1.54, 1.807) is 40.3 Å². The van der Waals surface area contributed by atoms with Gasteiger partial charge in [-0.15, -0.1) is 0 Å². The molecule has 144 valence electrons. The van der Waals surface area contributed by atoms with Crippen molar-refractivity contribution in [3.05, 3.63) is 70.5 Å². The lowest BCUT2D eigenvalue weighted by molar-refractivity contribution is 0.243. The van der Waals surface area contributed by atoms with Gasteiger partial charge >= 0.3 is 6.03 Å². The fourth-order valence-corrected chi connectivity index (χ4v) is 3.76. The van der Waals surface area contributed by atoms with Gasteiger partial charge in [-0.1, -0.05) is 0 Å². The molecule has 0 saturated carbocycles. The molecule has 2 aromatic heterocycles. The maximum atomic E-state index is 13.2. The summed E-state index contributed by atoms with van der Waals surface area (Å²) in [5, 5.41) is 7.47. The Morgan fingerprint density at radius 1 is 1.25 bits per heavy atom. The van der Waals surface area contributed by atoms with Crippen molar-refractivity contribution in [1.82, 2.24) is 20.1 Å². The Bertz CT molecular complexity index is 1000. The first-order chi connectivity index (χ1) is 13.5. The molecule has 0 radical (unpaired) electrons. The number of hydrogen-bond acceptors (Lipinski definition) is 3. The Kier molecular flexibility index (Phi) is 5.13. The van der Waals surface area contributed by atoms with Crippen LogP contribution in [0.1, 0.15) is 30.6 Å². The number of urea groups is 1. The number of rotatable bonds is 3. The van der Waals surface area contributed by atoms with Crippen LogP contribution in [0.4, 0.5) is 14.9 Å². The molecule has 2 amide bonds. The van der Waals surface area contributed by atoms with Crippen molar-refractivity contribution < 1.29 is 9.18 Å². The van der Waals surface area contributed by atoms with Crippen molar-refractivity contribution in [1.29, 1.82) is 0 Å². The normalized spacial score (nSPS) is 14.5. The molecule has 1 N–H and O–H groups in total. The molecule has 0 aliphatic carbocycles. The minimum atomic E-state index is -0.290. The van der Waals surface area contributed by atoms with Crippen LogP contribution in [0.5, 0.6) is 0 Å². The highest BCUT2D eigenvalue weighted by atomic mass is 79.9. The molecular weight excluding hydrogens is 425 g/mol. The molecule has 1 aliphatic rings. The number of benzene rings is 1. The molecule has 1 aromatic carbocycles. The summed E-state index contributed by atoms with van der Waals surface area (Å²) in [6, 6.07) is 7.76.